The van der Waals surface area contributed by atoms with E-state index in [9.17, 15) is 0 Å². The molecule has 2 N–H and O–H groups in total. The molecule has 2 atom stereocenters. The van der Waals surface area contributed by atoms with Gasteiger partial charge < -0.3 is 15.5 Å². The van der Waals surface area contributed by atoms with Crippen LogP contribution >= 0.6 is 15.9 Å². The number of likely N-dealkylation sites (N-methyl/N-ethyl adjacent to an activating group) is 1. The minimum atomic E-state index is 0.515. The molecule has 2 rings (SSSR count). The molecule has 2 unspecified atom stereocenters. The molecule has 5 nitrogen and oxygen atoms in total. The molecular formula is C21H36BrN5. The van der Waals surface area contributed by atoms with Crippen molar-refractivity contribution in [2.45, 2.75) is 32.7 Å². The third kappa shape index (κ3) is 7.80. The largest absolute Gasteiger partial charge is 0.356 e. The van der Waals surface area contributed by atoms with Crippen LogP contribution in [0.15, 0.2) is 33.7 Å². The van der Waals surface area contributed by atoms with Gasteiger partial charge in [-0.2, -0.15) is 0 Å². The van der Waals surface area contributed by atoms with Crippen LogP contribution in [0.25, 0.3) is 0 Å². The number of piperazine rings is 1. The quantitative estimate of drug-likeness (QED) is 0.484. The predicted molar refractivity (Wildman–Crippen MR) is 120 cm³/mol. The SMILES string of the molecule is CCC(CNC(=NC)NCC(C)N1CCN(C)CC1)Cc1cccc(Br)c1. The summed E-state index contributed by atoms with van der Waals surface area (Å²) in [6, 6.07) is 9.13. The van der Waals surface area contributed by atoms with Crippen LogP contribution in [0.1, 0.15) is 25.8 Å². The molecule has 0 saturated carbocycles. The molecule has 1 saturated heterocycles. The Morgan fingerprint density at radius 2 is 1.89 bits per heavy atom. The number of nitrogens with one attached hydrogen (secondary N) is 2. The summed E-state index contributed by atoms with van der Waals surface area (Å²) in [7, 11) is 4.05. The van der Waals surface area contributed by atoms with Crippen LogP contribution in [0.5, 0.6) is 0 Å². The summed E-state index contributed by atoms with van der Waals surface area (Å²) >= 11 is 3.57. The van der Waals surface area contributed by atoms with Gasteiger partial charge in [0, 0.05) is 56.8 Å². The first-order valence-electron chi connectivity index (χ1n) is 10.1. The molecule has 6 heteroatoms. The fourth-order valence-electron chi connectivity index (χ4n) is 3.46. The summed E-state index contributed by atoms with van der Waals surface area (Å²) in [4.78, 5) is 9.36. The molecule has 1 aliphatic heterocycles. The van der Waals surface area contributed by atoms with E-state index in [1.807, 2.05) is 7.05 Å². The van der Waals surface area contributed by atoms with Crippen molar-refractivity contribution in [1.82, 2.24) is 20.4 Å². The van der Waals surface area contributed by atoms with E-state index in [4.69, 9.17) is 0 Å². The number of aliphatic imine (C=N–C) groups is 1. The topological polar surface area (TPSA) is 42.9 Å². The number of guanidine groups is 1. The van der Waals surface area contributed by atoms with Gasteiger partial charge in [-0.3, -0.25) is 9.89 Å². The first-order chi connectivity index (χ1) is 13.0. The van der Waals surface area contributed by atoms with Crippen molar-refractivity contribution in [3.8, 4) is 0 Å². The zero-order valence-electron chi connectivity index (χ0n) is 17.3. The molecule has 1 aliphatic rings. The maximum atomic E-state index is 4.40. The van der Waals surface area contributed by atoms with Gasteiger partial charge >= 0.3 is 0 Å². The Morgan fingerprint density at radius 3 is 2.52 bits per heavy atom. The van der Waals surface area contributed by atoms with Gasteiger partial charge in [0.15, 0.2) is 5.96 Å². The van der Waals surface area contributed by atoms with E-state index in [-0.39, 0.29) is 0 Å². The Balaban J connectivity index is 1.75. The summed E-state index contributed by atoms with van der Waals surface area (Å²) in [6.45, 7) is 11.0. The van der Waals surface area contributed by atoms with Crippen molar-refractivity contribution >= 4 is 21.9 Å². The molecule has 1 aromatic carbocycles. The number of benzene rings is 1. The number of rotatable bonds is 8. The predicted octanol–water partition coefficient (Wildman–Crippen LogP) is 2.82. The van der Waals surface area contributed by atoms with E-state index in [2.05, 4.69) is 86.5 Å². The Morgan fingerprint density at radius 1 is 1.19 bits per heavy atom. The molecule has 1 aromatic rings. The molecule has 0 spiro atoms. The summed E-state index contributed by atoms with van der Waals surface area (Å²) in [5, 5.41) is 7.03. The Kier molecular flexibility index (Phi) is 9.59. The lowest BCUT2D eigenvalue weighted by Crippen LogP contribution is -2.52. The van der Waals surface area contributed by atoms with Crippen LogP contribution in [0.2, 0.25) is 0 Å². The van der Waals surface area contributed by atoms with E-state index < -0.39 is 0 Å². The van der Waals surface area contributed by atoms with Crippen LogP contribution in [-0.2, 0) is 6.42 Å². The molecule has 1 heterocycles. The third-order valence-electron chi connectivity index (χ3n) is 5.50. The molecular weight excluding hydrogens is 402 g/mol. The highest BCUT2D eigenvalue weighted by molar-refractivity contribution is 9.10. The van der Waals surface area contributed by atoms with Gasteiger partial charge in [0.25, 0.3) is 0 Å². The van der Waals surface area contributed by atoms with E-state index in [0.717, 1.165) is 62.5 Å². The Labute approximate surface area is 173 Å². The lowest BCUT2D eigenvalue weighted by atomic mass is 9.97. The van der Waals surface area contributed by atoms with Gasteiger partial charge in [0.2, 0.25) is 0 Å². The van der Waals surface area contributed by atoms with Gasteiger partial charge in [-0.05, 0) is 44.0 Å². The van der Waals surface area contributed by atoms with Crippen LogP contribution < -0.4 is 10.6 Å². The molecule has 27 heavy (non-hydrogen) atoms. The van der Waals surface area contributed by atoms with Gasteiger partial charge in [-0.1, -0.05) is 41.4 Å². The average Bonchev–Trinajstić information content (AvgIpc) is 2.67. The maximum Gasteiger partial charge on any atom is 0.191 e. The zero-order valence-corrected chi connectivity index (χ0v) is 18.9. The maximum absolute atomic E-state index is 4.40. The molecule has 0 aliphatic carbocycles. The standard InChI is InChI=1S/C21H36BrN5/c1-5-18(13-19-7-6-8-20(22)14-19)16-25-21(23-3)24-15-17(2)27-11-9-26(4)10-12-27/h6-8,14,17-18H,5,9-13,15-16H2,1-4H3,(H2,23,24,25). The Bertz CT molecular complexity index is 584. The number of nitrogens with zero attached hydrogens (tertiary/aromatic N) is 3. The molecule has 152 valence electrons. The molecule has 0 aromatic heterocycles. The van der Waals surface area contributed by atoms with E-state index in [1.165, 1.54) is 5.56 Å². The molecule has 0 amide bonds. The lowest BCUT2D eigenvalue weighted by molar-refractivity contribution is 0.120. The smallest absolute Gasteiger partial charge is 0.191 e. The minimum absolute atomic E-state index is 0.515. The number of hydrogen-bond acceptors (Lipinski definition) is 3. The second-order valence-corrected chi connectivity index (χ2v) is 8.55. The van der Waals surface area contributed by atoms with E-state index >= 15 is 0 Å². The zero-order chi connectivity index (χ0) is 19.6. The molecule has 0 bridgehead atoms. The monoisotopic (exact) mass is 437 g/mol. The minimum Gasteiger partial charge on any atom is -0.356 e. The van der Waals surface area contributed by atoms with Crippen LogP contribution in [-0.4, -0.2) is 75.2 Å². The second kappa shape index (κ2) is 11.7. The fraction of sp³-hybridized carbons (Fsp3) is 0.667. The second-order valence-electron chi connectivity index (χ2n) is 7.63. The van der Waals surface area contributed by atoms with Crippen LogP contribution in [0, 0.1) is 5.92 Å². The van der Waals surface area contributed by atoms with Crippen molar-refractivity contribution in [2.75, 3.05) is 53.4 Å². The summed E-state index contributed by atoms with van der Waals surface area (Å²) in [5.74, 6) is 1.50. The highest BCUT2D eigenvalue weighted by Gasteiger charge is 2.19. The highest BCUT2D eigenvalue weighted by Crippen LogP contribution is 2.16. The third-order valence-corrected chi connectivity index (χ3v) is 5.99. The number of hydrogen-bond donors (Lipinski definition) is 2. The van der Waals surface area contributed by atoms with Crippen molar-refractivity contribution < 1.29 is 0 Å². The first-order valence-corrected chi connectivity index (χ1v) is 10.9. The van der Waals surface area contributed by atoms with Gasteiger partial charge in [-0.25, -0.2) is 0 Å². The normalized spacial score (nSPS) is 18.9. The van der Waals surface area contributed by atoms with Crippen molar-refractivity contribution in [1.29, 1.82) is 0 Å². The lowest BCUT2D eigenvalue weighted by Gasteiger charge is -2.36. The van der Waals surface area contributed by atoms with Crippen molar-refractivity contribution in [3.05, 3.63) is 34.3 Å². The van der Waals surface area contributed by atoms with Crippen LogP contribution in [0.4, 0.5) is 0 Å². The number of halogens is 1. The van der Waals surface area contributed by atoms with Crippen molar-refractivity contribution in [2.24, 2.45) is 10.9 Å². The van der Waals surface area contributed by atoms with E-state index in [0.29, 0.717) is 12.0 Å². The van der Waals surface area contributed by atoms with E-state index in [1.54, 1.807) is 0 Å². The Hall–Kier alpha value is -1.11. The summed E-state index contributed by atoms with van der Waals surface area (Å²) < 4.78 is 1.15. The fourth-order valence-corrected chi connectivity index (χ4v) is 3.90. The molecule has 1 fully saturated rings. The highest BCUT2D eigenvalue weighted by atomic mass is 79.9. The summed E-state index contributed by atoms with van der Waals surface area (Å²) in [6.07, 6.45) is 2.23. The van der Waals surface area contributed by atoms with Gasteiger partial charge in [-0.15, -0.1) is 0 Å². The van der Waals surface area contributed by atoms with Crippen LogP contribution in [0.3, 0.4) is 0 Å². The average molecular weight is 438 g/mol. The van der Waals surface area contributed by atoms with Gasteiger partial charge in [0.05, 0.1) is 0 Å². The first kappa shape index (κ1) is 22.2. The van der Waals surface area contributed by atoms with Crippen molar-refractivity contribution in [3.63, 3.8) is 0 Å². The molecule has 0 radical (unpaired) electrons. The summed E-state index contributed by atoms with van der Waals surface area (Å²) in [5.41, 5.74) is 1.38. The van der Waals surface area contributed by atoms with Gasteiger partial charge in [0.1, 0.15) is 0 Å².